The number of rotatable bonds is 9. The lowest BCUT2D eigenvalue weighted by Crippen LogP contribution is -2.37. The van der Waals surface area contributed by atoms with Crippen molar-refractivity contribution in [3.63, 3.8) is 0 Å². The molecule has 5 heteroatoms. The van der Waals surface area contributed by atoms with E-state index in [0.717, 1.165) is 38.2 Å². The minimum atomic E-state index is 0.235. The van der Waals surface area contributed by atoms with E-state index < -0.39 is 0 Å². The molecule has 20 heavy (non-hydrogen) atoms. The Bertz CT molecular complexity index is 374. The molecule has 1 saturated carbocycles. The summed E-state index contributed by atoms with van der Waals surface area (Å²) in [5.41, 5.74) is 4.00. The van der Waals surface area contributed by atoms with Crippen LogP contribution in [0.4, 0.5) is 0 Å². The van der Waals surface area contributed by atoms with Crippen molar-refractivity contribution >= 4 is 0 Å². The third-order valence-electron chi connectivity index (χ3n) is 4.01. The first-order valence-electron chi connectivity index (χ1n) is 7.91. The van der Waals surface area contributed by atoms with Crippen molar-refractivity contribution in [3.05, 3.63) is 18.0 Å². The summed E-state index contributed by atoms with van der Waals surface area (Å²) in [6, 6.07) is 2.97. The molecule has 0 radical (unpaired) electrons. The number of hydrazine groups is 1. The van der Waals surface area contributed by atoms with Gasteiger partial charge < -0.3 is 4.74 Å². The maximum Gasteiger partial charge on any atom is 0.0640 e. The summed E-state index contributed by atoms with van der Waals surface area (Å²) in [5, 5.41) is 4.70. The van der Waals surface area contributed by atoms with Gasteiger partial charge in [-0.1, -0.05) is 19.8 Å². The maximum atomic E-state index is 5.62. The van der Waals surface area contributed by atoms with Crippen molar-refractivity contribution in [3.8, 4) is 0 Å². The number of nitrogens with one attached hydrogen (secondary N) is 1. The van der Waals surface area contributed by atoms with E-state index in [1.807, 2.05) is 0 Å². The minimum Gasteiger partial charge on any atom is -0.381 e. The van der Waals surface area contributed by atoms with Crippen LogP contribution in [0.5, 0.6) is 0 Å². The largest absolute Gasteiger partial charge is 0.381 e. The summed E-state index contributed by atoms with van der Waals surface area (Å²) in [6.45, 7) is 3.70. The van der Waals surface area contributed by atoms with Gasteiger partial charge in [-0.05, 0) is 31.7 Å². The van der Waals surface area contributed by atoms with Crippen molar-refractivity contribution < 1.29 is 4.74 Å². The highest BCUT2D eigenvalue weighted by Gasteiger charge is 2.18. The van der Waals surface area contributed by atoms with Crippen LogP contribution in [-0.4, -0.2) is 29.0 Å². The Labute approximate surface area is 121 Å². The zero-order valence-corrected chi connectivity index (χ0v) is 12.6. The second kappa shape index (κ2) is 8.39. The number of aromatic nitrogens is 2. The van der Waals surface area contributed by atoms with Crippen molar-refractivity contribution in [2.24, 2.45) is 5.84 Å². The molecule has 1 aliphatic rings. The second-order valence-corrected chi connectivity index (χ2v) is 5.69. The zero-order chi connectivity index (χ0) is 14.2. The molecular weight excluding hydrogens is 252 g/mol. The molecule has 1 unspecified atom stereocenters. The monoisotopic (exact) mass is 280 g/mol. The predicted molar refractivity (Wildman–Crippen MR) is 80.3 cm³/mol. The molecule has 1 aliphatic carbocycles. The standard InChI is InChI=1S/C15H28N4O/c1-2-10-20-11-8-13(17-16)12-14-7-9-19(18-14)15-5-3-4-6-15/h7,9,13,15,17H,2-6,8,10-12,16H2,1H3. The van der Waals surface area contributed by atoms with E-state index in [2.05, 4.69) is 29.3 Å². The molecule has 0 bridgehead atoms. The molecule has 1 fully saturated rings. The van der Waals surface area contributed by atoms with Crippen molar-refractivity contribution in [2.45, 2.75) is 64.0 Å². The molecule has 1 heterocycles. The summed E-state index contributed by atoms with van der Waals surface area (Å²) >= 11 is 0. The number of ether oxygens (including phenoxy) is 1. The second-order valence-electron chi connectivity index (χ2n) is 5.69. The van der Waals surface area contributed by atoms with E-state index in [1.165, 1.54) is 25.7 Å². The molecular formula is C15H28N4O. The predicted octanol–water partition coefficient (Wildman–Crippen LogP) is 2.19. The van der Waals surface area contributed by atoms with Gasteiger partial charge in [0.05, 0.1) is 11.7 Å². The Balaban J connectivity index is 1.78. The normalized spacial score (nSPS) is 17.7. The van der Waals surface area contributed by atoms with Crippen LogP contribution in [0.2, 0.25) is 0 Å². The van der Waals surface area contributed by atoms with E-state index in [-0.39, 0.29) is 6.04 Å². The lowest BCUT2D eigenvalue weighted by molar-refractivity contribution is 0.124. The summed E-state index contributed by atoms with van der Waals surface area (Å²) in [7, 11) is 0. The first-order chi connectivity index (χ1) is 9.83. The Morgan fingerprint density at radius 1 is 1.45 bits per heavy atom. The van der Waals surface area contributed by atoms with E-state index in [9.17, 15) is 0 Å². The molecule has 0 spiro atoms. The molecule has 0 aromatic carbocycles. The molecule has 0 aliphatic heterocycles. The molecule has 1 aromatic heterocycles. The first-order valence-corrected chi connectivity index (χ1v) is 7.91. The van der Waals surface area contributed by atoms with Gasteiger partial charge in [0.2, 0.25) is 0 Å². The van der Waals surface area contributed by atoms with Crippen molar-refractivity contribution in [1.82, 2.24) is 15.2 Å². The Morgan fingerprint density at radius 2 is 2.25 bits per heavy atom. The molecule has 1 aromatic rings. The Hall–Kier alpha value is -0.910. The topological polar surface area (TPSA) is 65.1 Å². The van der Waals surface area contributed by atoms with E-state index in [1.54, 1.807) is 0 Å². The molecule has 2 rings (SSSR count). The third-order valence-corrected chi connectivity index (χ3v) is 4.01. The average Bonchev–Trinajstić information content (AvgIpc) is 3.12. The minimum absolute atomic E-state index is 0.235. The SMILES string of the molecule is CCCOCCC(Cc1ccn(C2CCCC2)n1)NN. The smallest absolute Gasteiger partial charge is 0.0640 e. The third kappa shape index (κ3) is 4.58. The quantitative estimate of drug-likeness (QED) is 0.413. The lowest BCUT2D eigenvalue weighted by atomic mass is 10.1. The molecule has 5 nitrogen and oxygen atoms in total. The van der Waals surface area contributed by atoms with Gasteiger partial charge >= 0.3 is 0 Å². The van der Waals surface area contributed by atoms with Crippen LogP contribution in [0.1, 0.15) is 57.2 Å². The van der Waals surface area contributed by atoms with Gasteiger partial charge in [0.15, 0.2) is 0 Å². The fraction of sp³-hybridized carbons (Fsp3) is 0.800. The van der Waals surface area contributed by atoms with Crippen molar-refractivity contribution in [1.29, 1.82) is 0 Å². The summed E-state index contributed by atoms with van der Waals surface area (Å²) in [4.78, 5) is 0. The fourth-order valence-corrected chi connectivity index (χ4v) is 2.83. The Morgan fingerprint density at radius 3 is 2.95 bits per heavy atom. The molecule has 1 atom stereocenters. The van der Waals surface area contributed by atoms with Gasteiger partial charge in [0.1, 0.15) is 0 Å². The number of hydrogen-bond donors (Lipinski definition) is 2. The van der Waals surface area contributed by atoms with Crippen LogP contribution in [0.3, 0.4) is 0 Å². The summed E-state index contributed by atoms with van der Waals surface area (Å²) in [5.74, 6) is 5.62. The number of hydrogen-bond acceptors (Lipinski definition) is 4. The van der Waals surface area contributed by atoms with Crippen LogP contribution in [0.25, 0.3) is 0 Å². The molecule has 0 saturated heterocycles. The number of nitrogens with two attached hydrogens (primary N) is 1. The average molecular weight is 280 g/mol. The molecule has 114 valence electrons. The summed E-state index contributed by atoms with van der Waals surface area (Å²) < 4.78 is 7.66. The number of nitrogens with zero attached hydrogens (tertiary/aromatic N) is 2. The van der Waals surface area contributed by atoms with Crippen LogP contribution in [0.15, 0.2) is 12.3 Å². The van der Waals surface area contributed by atoms with E-state index in [4.69, 9.17) is 15.7 Å². The zero-order valence-electron chi connectivity index (χ0n) is 12.6. The van der Waals surface area contributed by atoms with Gasteiger partial charge in [0, 0.05) is 31.9 Å². The highest BCUT2D eigenvalue weighted by Crippen LogP contribution is 2.28. The van der Waals surface area contributed by atoms with E-state index in [0.29, 0.717) is 6.04 Å². The highest BCUT2D eigenvalue weighted by molar-refractivity contribution is 5.02. The summed E-state index contributed by atoms with van der Waals surface area (Å²) in [6.07, 6.45) is 10.2. The maximum absolute atomic E-state index is 5.62. The molecule has 0 amide bonds. The van der Waals surface area contributed by atoms with E-state index >= 15 is 0 Å². The van der Waals surface area contributed by atoms with Gasteiger partial charge in [-0.3, -0.25) is 16.0 Å². The van der Waals surface area contributed by atoms with Crippen LogP contribution < -0.4 is 11.3 Å². The van der Waals surface area contributed by atoms with Crippen LogP contribution >= 0.6 is 0 Å². The van der Waals surface area contributed by atoms with Gasteiger partial charge in [-0.25, -0.2) is 0 Å². The lowest BCUT2D eigenvalue weighted by Gasteiger charge is -2.15. The highest BCUT2D eigenvalue weighted by atomic mass is 16.5. The fourth-order valence-electron chi connectivity index (χ4n) is 2.83. The van der Waals surface area contributed by atoms with Gasteiger partial charge in [0.25, 0.3) is 0 Å². The molecule has 3 N–H and O–H groups in total. The first kappa shape index (κ1) is 15.5. The Kier molecular flexibility index (Phi) is 6.50. The van der Waals surface area contributed by atoms with Gasteiger partial charge in [-0.15, -0.1) is 0 Å². The van der Waals surface area contributed by atoms with Crippen molar-refractivity contribution in [2.75, 3.05) is 13.2 Å². The van der Waals surface area contributed by atoms with Crippen LogP contribution in [-0.2, 0) is 11.2 Å². The van der Waals surface area contributed by atoms with Gasteiger partial charge in [-0.2, -0.15) is 5.10 Å². The van der Waals surface area contributed by atoms with Crippen LogP contribution in [0, 0.1) is 0 Å².